The molecule has 0 atom stereocenters. The molecule has 0 saturated carbocycles. The molecule has 0 bridgehead atoms. The van der Waals surface area contributed by atoms with Crippen molar-refractivity contribution in [2.75, 3.05) is 13.1 Å². The summed E-state index contributed by atoms with van der Waals surface area (Å²) in [4.78, 5) is 25.3. The number of nitrogens with zero attached hydrogens (tertiary/aromatic N) is 1. The van der Waals surface area contributed by atoms with Crippen LogP contribution in [0.1, 0.15) is 9.80 Å². The van der Waals surface area contributed by atoms with Crippen LogP contribution in [-0.2, 0) is 4.79 Å². The number of halogens is 3. The van der Waals surface area contributed by atoms with Gasteiger partial charge in [0.25, 0.3) is 5.91 Å². The monoisotopic (exact) mass is 267 g/mol. The molecule has 2 amide bonds. The number of thiazole rings is 1. The second kappa shape index (κ2) is 5.62. The lowest BCUT2D eigenvalue weighted by Crippen LogP contribution is -2.41. The van der Waals surface area contributed by atoms with Gasteiger partial charge >= 0.3 is 12.1 Å². The van der Waals surface area contributed by atoms with Gasteiger partial charge in [-0.2, -0.15) is 13.2 Å². The van der Waals surface area contributed by atoms with Crippen molar-refractivity contribution in [3.05, 3.63) is 16.6 Å². The number of rotatable bonds is 4. The SMILES string of the molecule is O=C(NCCNC(=O)C(F)(F)F)c1nccs1. The molecule has 0 aliphatic rings. The highest BCUT2D eigenvalue weighted by atomic mass is 32.1. The predicted octanol–water partition coefficient (Wildman–Crippen LogP) is 0.551. The van der Waals surface area contributed by atoms with Crippen LogP contribution in [0.2, 0.25) is 0 Å². The van der Waals surface area contributed by atoms with Gasteiger partial charge in [0.05, 0.1) is 0 Å². The number of hydrogen-bond acceptors (Lipinski definition) is 4. The van der Waals surface area contributed by atoms with Gasteiger partial charge < -0.3 is 10.6 Å². The van der Waals surface area contributed by atoms with Crippen LogP contribution >= 0.6 is 11.3 Å². The van der Waals surface area contributed by atoms with Crippen LogP contribution < -0.4 is 10.6 Å². The first-order chi connectivity index (χ1) is 7.91. The highest BCUT2D eigenvalue weighted by Crippen LogP contribution is 2.13. The molecule has 2 N–H and O–H groups in total. The minimum Gasteiger partial charge on any atom is -0.348 e. The van der Waals surface area contributed by atoms with Crippen molar-refractivity contribution < 1.29 is 22.8 Å². The smallest absolute Gasteiger partial charge is 0.348 e. The van der Waals surface area contributed by atoms with Crippen molar-refractivity contribution in [1.82, 2.24) is 15.6 Å². The van der Waals surface area contributed by atoms with Crippen LogP contribution in [0.3, 0.4) is 0 Å². The zero-order valence-corrected chi connectivity index (χ0v) is 9.19. The average molecular weight is 267 g/mol. The second-order valence-electron chi connectivity index (χ2n) is 2.85. The summed E-state index contributed by atoms with van der Waals surface area (Å²) in [7, 11) is 0. The Labute approximate surface area is 98.0 Å². The van der Waals surface area contributed by atoms with Gasteiger partial charge in [-0.15, -0.1) is 11.3 Å². The van der Waals surface area contributed by atoms with Crippen LogP contribution in [0.15, 0.2) is 11.6 Å². The molecule has 0 radical (unpaired) electrons. The van der Waals surface area contributed by atoms with Crippen molar-refractivity contribution in [3.8, 4) is 0 Å². The number of carbonyl (C=O) groups excluding carboxylic acids is 2. The van der Waals surface area contributed by atoms with E-state index in [1.54, 1.807) is 10.7 Å². The fraction of sp³-hybridized carbons (Fsp3) is 0.375. The molecule has 94 valence electrons. The summed E-state index contributed by atoms with van der Waals surface area (Å²) in [6.07, 6.45) is -3.47. The second-order valence-corrected chi connectivity index (χ2v) is 3.74. The van der Waals surface area contributed by atoms with Gasteiger partial charge in [-0.1, -0.05) is 0 Å². The van der Waals surface area contributed by atoms with E-state index in [9.17, 15) is 22.8 Å². The van der Waals surface area contributed by atoms with Gasteiger partial charge in [-0.05, 0) is 0 Å². The normalized spacial score (nSPS) is 11.0. The zero-order chi connectivity index (χ0) is 12.9. The maximum absolute atomic E-state index is 11.8. The Balaban J connectivity index is 2.21. The number of amides is 2. The summed E-state index contributed by atoms with van der Waals surface area (Å²) in [6.45, 7) is -0.393. The Bertz CT molecular complexity index is 391. The third-order valence-electron chi connectivity index (χ3n) is 1.58. The molecule has 5 nitrogen and oxygen atoms in total. The molecule has 17 heavy (non-hydrogen) atoms. The van der Waals surface area contributed by atoms with Gasteiger partial charge in [0.15, 0.2) is 5.01 Å². The van der Waals surface area contributed by atoms with Crippen molar-refractivity contribution in [2.24, 2.45) is 0 Å². The fourth-order valence-electron chi connectivity index (χ4n) is 0.863. The first kappa shape index (κ1) is 13.4. The predicted molar refractivity (Wildman–Crippen MR) is 53.5 cm³/mol. The number of carbonyl (C=O) groups is 2. The van der Waals surface area contributed by atoms with Crippen LogP contribution in [0.25, 0.3) is 0 Å². The van der Waals surface area contributed by atoms with E-state index < -0.39 is 18.0 Å². The van der Waals surface area contributed by atoms with Gasteiger partial charge in [-0.3, -0.25) is 9.59 Å². The van der Waals surface area contributed by atoms with Crippen LogP contribution in [0.5, 0.6) is 0 Å². The topological polar surface area (TPSA) is 71.1 Å². The summed E-state index contributed by atoms with van der Waals surface area (Å²) in [5, 5.41) is 5.76. The Hall–Kier alpha value is -1.64. The quantitative estimate of drug-likeness (QED) is 0.783. The molecule has 0 saturated heterocycles. The fourth-order valence-corrected chi connectivity index (χ4v) is 1.42. The first-order valence-electron chi connectivity index (χ1n) is 4.44. The minimum absolute atomic E-state index is 0.0970. The minimum atomic E-state index is -4.90. The molecule has 1 rings (SSSR count). The van der Waals surface area contributed by atoms with Crippen LogP contribution in [-0.4, -0.2) is 36.1 Å². The molecule has 0 fully saturated rings. The third-order valence-corrected chi connectivity index (χ3v) is 2.35. The Kier molecular flexibility index (Phi) is 4.44. The van der Waals surface area contributed by atoms with Gasteiger partial charge in [-0.25, -0.2) is 4.98 Å². The number of alkyl halides is 3. The standard InChI is InChI=1S/C8H8F3N3O2S/c9-8(10,11)7(16)14-2-1-12-5(15)6-13-3-4-17-6/h3-4H,1-2H2,(H,12,15)(H,14,16). The van der Waals surface area contributed by atoms with E-state index >= 15 is 0 Å². The molecule has 1 aromatic heterocycles. The number of hydrogen-bond donors (Lipinski definition) is 2. The molecule has 0 aromatic carbocycles. The summed E-state index contributed by atoms with van der Waals surface area (Å²) >= 11 is 1.11. The Morgan fingerprint density at radius 3 is 2.47 bits per heavy atom. The summed E-state index contributed by atoms with van der Waals surface area (Å²) in [6, 6.07) is 0. The highest BCUT2D eigenvalue weighted by Gasteiger charge is 2.38. The van der Waals surface area contributed by atoms with E-state index in [2.05, 4.69) is 10.3 Å². The maximum Gasteiger partial charge on any atom is 0.471 e. The van der Waals surface area contributed by atoms with Gasteiger partial charge in [0.1, 0.15) is 0 Å². The molecule has 0 aliphatic heterocycles. The molecule has 0 unspecified atom stereocenters. The lowest BCUT2D eigenvalue weighted by molar-refractivity contribution is -0.173. The number of aromatic nitrogens is 1. The largest absolute Gasteiger partial charge is 0.471 e. The molecule has 9 heteroatoms. The molecule has 1 heterocycles. The molecule has 0 aliphatic carbocycles. The molecule has 1 aromatic rings. The first-order valence-corrected chi connectivity index (χ1v) is 5.32. The summed E-state index contributed by atoms with van der Waals surface area (Å²) in [5.74, 6) is -2.51. The molecular formula is C8H8F3N3O2S. The van der Waals surface area contributed by atoms with E-state index in [1.165, 1.54) is 6.20 Å². The van der Waals surface area contributed by atoms with Crippen molar-refractivity contribution in [1.29, 1.82) is 0 Å². The lowest BCUT2D eigenvalue weighted by Gasteiger charge is -2.07. The van der Waals surface area contributed by atoms with E-state index in [0.29, 0.717) is 0 Å². The highest BCUT2D eigenvalue weighted by molar-refractivity contribution is 7.11. The summed E-state index contributed by atoms with van der Waals surface area (Å²) in [5.41, 5.74) is 0. The van der Waals surface area contributed by atoms with Crippen molar-refractivity contribution in [2.45, 2.75) is 6.18 Å². The zero-order valence-electron chi connectivity index (χ0n) is 8.37. The van der Waals surface area contributed by atoms with E-state index in [0.717, 1.165) is 11.3 Å². The van der Waals surface area contributed by atoms with Crippen molar-refractivity contribution >= 4 is 23.2 Å². The Morgan fingerprint density at radius 2 is 1.94 bits per heavy atom. The Morgan fingerprint density at radius 1 is 1.29 bits per heavy atom. The van der Waals surface area contributed by atoms with E-state index in [1.807, 2.05) is 0 Å². The third kappa shape index (κ3) is 4.39. The lowest BCUT2D eigenvalue weighted by atomic mass is 10.5. The average Bonchev–Trinajstić information content (AvgIpc) is 2.75. The van der Waals surface area contributed by atoms with E-state index in [-0.39, 0.29) is 18.1 Å². The molecule has 0 spiro atoms. The van der Waals surface area contributed by atoms with Crippen molar-refractivity contribution in [3.63, 3.8) is 0 Å². The van der Waals surface area contributed by atoms with Crippen LogP contribution in [0.4, 0.5) is 13.2 Å². The molecular weight excluding hydrogens is 259 g/mol. The van der Waals surface area contributed by atoms with E-state index in [4.69, 9.17) is 0 Å². The maximum atomic E-state index is 11.8. The van der Waals surface area contributed by atoms with Gasteiger partial charge in [0, 0.05) is 24.7 Å². The van der Waals surface area contributed by atoms with Crippen LogP contribution in [0, 0.1) is 0 Å². The number of nitrogens with one attached hydrogen (secondary N) is 2. The van der Waals surface area contributed by atoms with Gasteiger partial charge in [0.2, 0.25) is 0 Å². The summed E-state index contributed by atoms with van der Waals surface area (Å²) < 4.78 is 35.3.